The maximum atomic E-state index is 9.94. The van der Waals surface area contributed by atoms with Crippen molar-refractivity contribution >= 4 is 11.8 Å². The Bertz CT molecular complexity index is 559. The van der Waals surface area contributed by atoms with Gasteiger partial charge in [0.25, 0.3) is 0 Å². The topological polar surface area (TPSA) is 80.3 Å². The fourth-order valence-corrected chi connectivity index (χ4v) is 1.92. The Morgan fingerprint density at radius 1 is 1.26 bits per heavy atom. The van der Waals surface area contributed by atoms with E-state index in [0.717, 1.165) is 18.8 Å². The second kappa shape index (κ2) is 5.90. The molecule has 0 amide bonds. The molecule has 1 saturated heterocycles. The molecule has 1 aliphatic rings. The summed E-state index contributed by atoms with van der Waals surface area (Å²) < 4.78 is 5.27. The summed E-state index contributed by atoms with van der Waals surface area (Å²) in [4.78, 5) is 2.12. The number of ether oxygens (including phenoxy) is 1. The van der Waals surface area contributed by atoms with Crippen molar-refractivity contribution in [3.8, 4) is 17.9 Å². The molecule has 1 aliphatic heterocycles. The van der Waals surface area contributed by atoms with Crippen LogP contribution in [0.4, 0.5) is 5.69 Å². The van der Waals surface area contributed by atoms with Crippen LogP contribution in [-0.4, -0.2) is 31.4 Å². The molecule has 0 radical (unpaired) electrons. The van der Waals surface area contributed by atoms with Crippen LogP contribution in [0.25, 0.3) is 6.08 Å². The van der Waals surface area contributed by atoms with Gasteiger partial charge in [-0.3, -0.25) is 0 Å². The molecule has 5 heteroatoms. The standard InChI is InChI=1S/C14H13N3O2/c15-9-11(10-16)7-12-1-2-13(8-14(12)18)17-3-5-19-6-4-17/h1-2,7-8,18H,3-6H2. The number of hydrogen-bond donors (Lipinski definition) is 1. The van der Waals surface area contributed by atoms with Crippen molar-refractivity contribution in [3.63, 3.8) is 0 Å². The van der Waals surface area contributed by atoms with E-state index in [0.29, 0.717) is 18.8 Å². The van der Waals surface area contributed by atoms with Gasteiger partial charge in [-0.25, -0.2) is 0 Å². The van der Waals surface area contributed by atoms with Crippen molar-refractivity contribution in [1.29, 1.82) is 10.5 Å². The highest BCUT2D eigenvalue weighted by Gasteiger charge is 2.12. The number of rotatable bonds is 2. The van der Waals surface area contributed by atoms with Gasteiger partial charge < -0.3 is 14.7 Å². The van der Waals surface area contributed by atoms with Crippen molar-refractivity contribution < 1.29 is 9.84 Å². The molecule has 1 fully saturated rings. The van der Waals surface area contributed by atoms with Gasteiger partial charge in [-0.1, -0.05) is 0 Å². The summed E-state index contributed by atoms with van der Waals surface area (Å²) in [6, 6.07) is 8.74. The Kier molecular flexibility index (Phi) is 4.02. The second-order valence-corrected chi connectivity index (χ2v) is 4.12. The number of aromatic hydroxyl groups is 1. The SMILES string of the molecule is N#CC(C#N)=Cc1ccc(N2CCOCC2)cc1O. The number of benzene rings is 1. The first-order chi connectivity index (χ1) is 9.24. The Labute approximate surface area is 111 Å². The fourth-order valence-electron chi connectivity index (χ4n) is 1.92. The number of hydrogen-bond acceptors (Lipinski definition) is 5. The molecule has 0 spiro atoms. The molecule has 0 bridgehead atoms. The van der Waals surface area contributed by atoms with E-state index in [4.69, 9.17) is 15.3 Å². The zero-order valence-corrected chi connectivity index (χ0v) is 10.3. The number of anilines is 1. The zero-order chi connectivity index (χ0) is 13.7. The molecule has 96 valence electrons. The van der Waals surface area contributed by atoms with E-state index in [1.54, 1.807) is 24.3 Å². The first-order valence-corrected chi connectivity index (χ1v) is 5.92. The van der Waals surface area contributed by atoms with Gasteiger partial charge in [0.1, 0.15) is 23.5 Å². The molecule has 1 heterocycles. The summed E-state index contributed by atoms with van der Waals surface area (Å²) in [6.07, 6.45) is 1.37. The molecule has 0 saturated carbocycles. The van der Waals surface area contributed by atoms with Crippen molar-refractivity contribution in [2.24, 2.45) is 0 Å². The third-order valence-corrected chi connectivity index (χ3v) is 2.93. The summed E-state index contributed by atoms with van der Waals surface area (Å²) in [5, 5.41) is 27.3. The molecule has 2 rings (SSSR count). The molecular weight excluding hydrogens is 242 g/mol. The summed E-state index contributed by atoms with van der Waals surface area (Å²) >= 11 is 0. The van der Waals surface area contributed by atoms with Crippen LogP contribution in [0, 0.1) is 22.7 Å². The normalized spacial score (nSPS) is 14.3. The van der Waals surface area contributed by atoms with E-state index in [-0.39, 0.29) is 11.3 Å². The van der Waals surface area contributed by atoms with Crippen molar-refractivity contribution in [2.45, 2.75) is 0 Å². The lowest BCUT2D eigenvalue weighted by Crippen LogP contribution is -2.36. The predicted octanol–water partition coefficient (Wildman–Crippen LogP) is 1.66. The van der Waals surface area contributed by atoms with E-state index in [1.165, 1.54) is 6.08 Å². The highest BCUT2D eigenvalue weighted by atomic mass is 16.5. The van der Waals surface area contributed by atoms with Crippen LogP contribution in [0.1, 0.15) is 5.56 Å². The number of phenolic OH excluding ortho intramolecular Hbond substituents is 1. The van der Waals surface area contributed by atoms with Crippen LogP contribution < -0.4 is 4.90 Å². The minimum absolute atomic E-state index is 0.0329. The Morgan fingerprint density at radius 3 is 2.53 bits per heavy atom. The van der Waals surface area contributed by atoms with E-state index in [2.05, 4.69) is 4.90 Å². The molecule has 0 unspecified atom stereocenters. The summed E-state index contributed by atoms with van der Waals surface area (Å²) in [7, 11) is 0. The average molecular weight is 255 g/mol. The third-order valence-electron chi connectivity index (χ3n) is 2.93. The molecule has 1 N–H and O–H groups in total. The molecule has 19 heavy (non-hydrogen) atoms. The quantitative estimate of drug-likeness (QED) is 0.813. The highest BCUT2D eigenvalue weighted by molar-refractivity contribution is 5.69. The molecule has 1 aromatic rings. The zero-order valence-electron chi connectivity index (χ0n) is 10.3. The monoisotopic (exact) mass is 255 g/mol. The van der Waals surface area contributed by atoms with Gasteiger partial charge in [-0.05, 0) is 18.2 Å². The maximum Gasteiger partial charge on any atom is 0.130 e. The molecule has 0 aliphatic carbocycles. The number of morpholine rings is 1. The van der Waals surface area contributed by atoms with Gasteiger partial charge in [-0.2, -0.15) is 10.5 Å². The van der Waals surface area contributed by atoms with Crippen molar-refractivity contribution in [3.05, 3.63) is 29.3 Å². The Balaban J connectivity index is 2.25. The minimum atomic E-state index is -0.0329. The van der Waals surface area contributed by atoms with E-state index < -0.39 is 0 Å². The first-order valence-electron chi connectivity index (χ1n) is 5.92. The van der Waals surface area contributed by atoms with Gasteiger partial charge in [0.15, 0.2) is 0 Å². The summed E-state index contributed by atoms with van der Waals surface area (Å²) in [5.41, 5.74) is 1.35. The highest BCUT2D eigenvalue weighted by Crippen LogP contribution is 2.26. The average Bonchev–Trinajstić information content (AvgIpc) is 2.47. The van der Waals surface area contributed by atoms with Gasteiger partial charge in [0.2, 0.25) is 0 Å². The lowest BCUT2D eigenvalue weighted by Gasteiger charge is -2.29. The van der Waals surface area contributed by atoms with E-state index >= 15 is 0 Å². The van der Waals surface area contributed by atoms with Gasteiger partial charge >= 0.3 is 0 Å². The molecule has 1 aromatic carbocycles. The number of allylic oxidation sites excluding steroid dienone is 1. The van der Waals surface area contributed by atoms with Crippen LogP contribution in [0.2, 0.25) is 0 Å². The predicted molar refractivity (Wildman–Crippen MR) is 70.3 cm³/mol. The van der Waals surface area contributed by atoms with Crippen molar-refractivity contribution in [2.75, 3.05) is 31.2 Å². The van der Waals surface area contributed by atoms with Crippen LogP contribution >= 0.6 is 0 Å². The lowest BCUT2D eigenvalue weighted by molar-refractivity contribution is 0.122. The lowest BCUT2D eigenvalue weighted by atomic mass is 10.1. The van der Waals surface area contributed by atoms with Crippen LogP contribution in [0.5, 0.6) is 5.75 Å². The molecule has 5 nitrogen and oxygen atoms in total. The fraction of sp³-hybridized carbons (Fsp3) is 0.286. The summed E-state index contributed by atoms with van der Waals surface area (Å²) in [6.45, 7) is 2.93. The van der Waals surface area contributed by atoms with Crippen LogP contribution in [0.3, 0.4) is 0 Å². The Hall–Kier alpha value is -2.50. The van der Waals surface area contributed by atoms with Crippen LogP contribution in [-0.2, 0) is 4.74 Å². The minimum Gasteiger partial charge on any atom is -0.507 e. The maximum absolute atomic E-state index is 9.94. The van der Waals surface area contributed by atoms with E-state index in [9.17, 15) is 5.11 Å². The number of nitrogens with zero attached hydrogens (tertiary/aromatic N) is 3. The smallest absolute Gasteiger partial charge is 0.130 e. The molecule has 0 aromatic heterocycles. The number of nitriles is 2. The number of phenols is 1. The van der Waals surface area contributed by atoms with Crippen LogP contribution in [0.15, 0.2) is 23.8 Å². The van der Waals surface area contributed by atoms with Gasteiger partial charge in [0.05, 0.1) is 13.2 Å². The van der Waals surface area contributed by atoms with Crippen molar-refractivity contribution in [1.82, 2.24) is 0 Å². The largest absolute Gasteiger partial charge is 0.507 e. The Morgan fingerprint density at radius 2 is 1.95 bits per heavy atom. The first kappa shape index (κ1) is 12.9. The second-order valence-electron chi connectivity index (χ2n) is 4.12. The van der Waals surface area contributed by atoms with Gasteiger partial charge in [0, 0.05) is 30.4 Å². The third kappa shape index (κ3) is 3.04. The van der Waals surface area contributed by atoms with E-state index in [1.807, 2.05) is 6.07 Å². The molecular formula is C14H13N3O2. The molecule has 0 atom stereocenters. The van der Waals surface area contributed by atoms with Gasteiger partial charge in [-0.15, -0.1) is 0 Å². The summed E-state index contributed by atoms with van der Waals surface area (Å²) in [5.74, 6) is 0.0620.